The van der Waals surface area contributed by atoms with Gasteiger partial charge in [-0.2, -0.15) is 0 Å². The topological polar surface area (TPSA) is 93.1 Å². The lowest BCUT2D eigenvalue weighted by molar-refractivity contribution is 0.0298. The van der Waals surface area contributed by atoms with Gasteiger partial charge >= 0.3 is 0 Å². The molecule has 1 aliphatic carbocycles. The summed E-state index contributed by atoms with van der Waals surface area (Å²) in [6.45, 7) is 2.82. The van der Waals surface area contributed by atoms with Gasteiger partial charge in [0.05, 0.1) is 18.3 Å². The standard InChI is InChI=1S/C23H24N6O2/c30-22-10-18-13-28(11-16-7-4-8-19-23(16)26-31-25-19)12-17(18)9-21(22)29-14-20(24-27-29)15-5-2-1-3-6-15/h1-8,14,17-18,21-22,30H,9-13H2/t17-,18+,21-,22-/m1/s1. The molecule has 2 aromatic heterocycles. The van der Waals surface area contributed by atoms with Crippen LogP contribution in [0, 0.1) is 11.8 Å². The number of aliphatic hydroxyl groups excluding tert-OH is 1. The lowest BCUT2D eigenvalue weighted by Gasteiger charge is -2.35. The van der Waals surface area contributed by atoms with Gasteiger partial charge in [-0.05, 0) is 46.6 Å². The van der Waals surface area contributed by atoms with Gasteiger partial charge in [0, 0.05) is 25.2 Å². The first-order chi connectivity index (χ1) is 15.2. The van der Waals surface area contributed by atoms with E-state index in [-0.39, 0.29) is 6.04 Å². The number of hydrogen-bond acceptors (Lipinski definition) is 7. The number of nitrogens with zero attached hydrogens (tertiary/aromatic N) is 6. The van der Waals surface area contributed by atoms with Gasteiger partial charge in [0.1, 0.15) is 16.7 Å². The summed E-state index contributed by atoms with van der Waals surface area (Å²) in [5.74, 6) is 1.03. The fraction of sp³-hybridized carbons (Fsp3) is 0.391. The van der Waals surface area contributed by atoms with Crippen LogP contribution in [0.2, 0.25) is 0 Å². The Labute approximate surface area is 179 Å². The average molecular weight is 416 g/mol. The minimum atomic E-state index is -0.408. The molecule has 4 aromatic rings. The number of aromatic nitrogens is 5. The summed E-state index contributed by atoms with van der Waals surface area (Å²) >= 11 is 0. The Hall–Kier alpha value is -3.10. The summed E-state index contributed by atoms with van der Waals surface area (Å²) in [6, 6.07) is 16.0. The van der Waals surface area contributed by atoms with Crippen LogP contribution >= 0.6 is 0 Å². The fourth-order valence-corrected chi connectivity index (χ4v) is 5.33. The van der Waals surface area contributed by atoms with Crippen molar-refractivity contribution in [2.45, 2.75) is 31.5 Å². The average Bonchev–Trinajstić information content (AvgIpc) is 3.53. The molecule has 2 aliphatic rings. The van der Waals surface area contributed by atoms with Gasteiger partial charge in [0.25, 0.3) is 0 Å². The van der Waals surface area contributed by atoms with Crippen LogP contribution in [0.15, 0.2) is 59.4 Å². The van der Waals surface area contributed by atoms with E-state index in [0.717, 1.165) is 60.3 Å². The maximum absolute atomic E-state index is 10.9. The molecule has 0 spiro atoms. The lowest BCUT2D eigenvalue weighted by Crippen LogP contribution is -2.36. The Bertz CT molecular complexity index is 1190. The maximum Gasteiger partial charge on any atom is 0.139 e. The van der Waals surface area contributed by atoms with Gasteiger partial charge in [-0.15, -0.1) is 5.10 Å². The first kappa shape index (κ1) is 18.7. The highest BCUT2D eigenvalue weighted by molar-refractivity contribution is 5.76. The number of rotatable bonds is 4. The molecule has 6 rings (SSSR count). The largest absolute Gasteiger partial charge is 0.391 e. The highest BCUT2D eigenvalue weighted by Gasteiger charge is 2.42. The number of benzene rings is 2. The molecule has 4 atom stereocenters. The van der Waals surface area contributed by atoms with E-state index in [1.165, 1.54) is 0 Å². The Morgan fingerprint density at radius 1 is 0.968 bits per heavy atom. The normalized spacial score (nSPS) is 26.4. The summed E-state index contributed by atoms with van der Waals surface area (Å²) in [6.07, 6.45) is 3.27. The molecule has 1 N–H and O–H groups in total. The van der Waals surface area contributed by atoms with Crippen molar-refractivity contribution in [3.8, 4) is 11.3 Å². The van der Waals surface area contributed by atoms with Gasteiger partial charge in [-0.3, -0.25) is 4.90 Å². The van der Waals surface area contributed by atoms with Crippen LogP contribution in [0.4, 0.5) is 0 Å². The monoisotopic (exact) mass is 416 g/mol. The minimum Gasteiger partial charge on any atom is -0.391 e. The van der Waals surface area contributed by atoms with Crippen LogP contribution in [-0.2, 0) is 6.54 Å². The zero-order valence-electron chi connectivity index (χ0n) is 17.1. The van der Waals surface area contributed by atoms with E-state index in [0.29, 0.717) is 11.8 Å². The molecular formula is C23H24N6O2. The van der Waals surface area contributed by atoms with Gasteiger partial charge in [-0.1, -0.05) is 47.7 Å². The van der Waals surface area contributed by atoms with Gasteiger partial charge in [0.15, 0.2) is 0 Å². The molecule has 0 bridgehead atoms. The Balaban J connectivity index is 1.17. The molecule has 1 aliphatic heterocycles. The third-order valence-corrected chi connectivity index (χ3v) is 6.87. The molecule has 0 radical (unpaired) electrons. The summed E-state index contributed by atoms with van der Waals surface area (Å²) in [5, 5.41) is 27.6. The highest BCUT2D eigenvalue weighted by atomic mass is 16.6. The number of fused-ring (bicyclic) bond motifs is 2. The second-order valence-electron chi connectivity index (χ2n) is 8.82. The van der Waals surface area contributed by atoms with E-state index in [1.54, 1.807) is 0 Å². The molecule has 2 aromatic carbocycles. The van der Waals surface area contributed by atoms with E-state index in [1.807, 2.05) is 53.3 Å². The maximum atomic E-state index is 10.9. The first-order valence-electron chi connectivity index (χ1n) is 10.8. The van der Waals surface area contributed by atoms with Crippen LogP contribution in [0.5, 0.6) is 0 Å². The van der Waals surface area contributed by atoms with Crippen molar-refractivity contribution in [3.63, 3.8) is 0 Å². The Kier molecular flexibility index (Phi) is 4.54. The van der Waals surface area contributed by atoms with Crippen LogP contribution < -0.4 is 0 Å². The number of hydrogen-bond donors (Lipinski definition) is 1. The number of aliphatic hydroxyl groups is 1. The zero-order chi connectivity index (χ0) is 20.8. The molecule has 158 valence electrons. The smallest absolute Gasteiger partial charge is 0.139 e. The van der Waals surface area contributed by atoms with Gasteiger partial charge in [-0.25, -0.2) is 9.31 Å². The van der Waals surface area contributed by atoms with E-state index in [9.17, 15) is 5.11 Å². The lowest BCUT2D eigenvalue weighted by atomic mass is 9.77. The minimum absolute atomic E-state index is 0.0330. The molecule has 2 fully saturated rings. The SMILES string of the molecule is O[C@@H]1C[C@H]2CN(Cc3cccc4nonc34)C[C@H]2C[C@H]1n1cc(-c2ccccc2)nn1. The molecule has 0 amide bonds. The predicted octanol–water partition coefficient (Wildman–Crippen LogP) is 2.93. The van der Waals surface area contributed by atoms with E-state index in [2.05, 4.69) is 31.6 Å². The number of likely N-dealkylation sites (tertiary alicyclic amines) is 1. The molecule has 8 heteroatoms. The van der Waals surface area contributed by atoms with Crippen molar-refractivity contribution < 1.29 is 9.74 Å². The van der Waals surface area contributed by atoms with E-state index in [4.69, 9.17) is 4.63 Å². The van der Waals surface area contributed by atoms with E-state index < -0.39 is 6.10 Å². The van der Waals surface area contributed by atoms with Crippen LogP contribution in [0.1, 0.15) is 24.4 Å². The van der Waals surface area contributed by atoms with Crippen molar-refractivity contribution in [2.75, 3.05) is 13.1 Å². The molecule has 1 saturated heterocycles. The summed E-state index contributed by atoms with van der Waals surface area (Å²) in [5.41, 5.74) is 4.66. The molecule has 3 heterocycles. The Morgan fingerprint density at radius 2 is 1.81 bits per heavy atom. The summed E-state index contributed by atoms with van der Waals surface area (Å²) in [7, 11) is 0. The van der Waals surface area contributed by atoms with Crippen LogP contribution in [0.3, 0.4) is 0 Å². The fourth-order valence-electron chi connectivity index (χ4n) is 5.33. The van der Waals surface area contributed by atoms with Gasteiger partial charge in [0.2, 0.25) is 0 Å². The van der Waals surface area contributed by atoms with Crippen LogP contribution in [-0.4, -0.2) is 54.5 Å². The van der Waals surface area contributed by atoms with Crippen LogP contribution in [0.25, 0.3) is 22.3 Å². The third kappa shape index (κ3) is 3.41. The summed E-state index contributed by atoms with van der Waals surface area (Å²) < 4.78 is 6.78. The molecular weight excluding hydrogens is 392 g/mol. The second-order valence-corrected chi connectivity index (χ2v) is 8.82. The molecule has 8 nitrogen and oxygen atoms in total. The first-order valence-corrected chi connectivity index (χ1v) is 10.8. The Morgan fingerprint density at radius 3 is 2.68 bits per heavy atom. The predicted molar refractivity (Wildman–Crippen MR) is 114 cm³/mol. The summed E-state index contributed by atoms with van der Waals surface area (Å²) in [4.78, 5) is 2.46. The third-order valence-electron chi connectivity index (χ3n) is 6.87. The molecule has 0 unspecified atom stereocenters. The highest BCUT2D eigenvalue weighted by Crippen LogP contribution is 2.41. The van der Waals surface area contributed by atoms with Crippen molar-refractivity contribution in [2.24, 2.45) is 11.8 Å². The quantitative estimate of drug-likeness (QED) is 0.547. The van der Waals surface area contributed by atoms with Crippen molar-refractivity contribution >= 4 is 11.0 Å². The molecule has 1 saturated carbocycles. The van der Waals surface area contributed by atoms with E-state index >= 15 is 0 Å². The van der Waals surface area contributed by atoms with Crippen molar-refractivity contribution in [3.05, 3.63) is 60.3 Å². The second kappa shape index (κ2) is 7.55. The van der Waals surface area contributed by atoms with Crippen molar-refractivity contribution in [1.82, 2.24) is 30.2 Å². The molecule has 31 heavy (non-hydrogen) atoms. The zero-order valence-corrected chi connectivity index (χ0v) is 17.1. The van der Waals surface area contributed by atoms with Gasteiger partial charge < -0.3 is 5.11 Å². The van der Waals surface area contributed by atoms with Crippen molar-refractivity contribution in [1.29, 1.82) is 0 Å².